The number of hydrogen-bond acceptors (Lipinski definition) is 2. The van der Waals surface area contributed by atoms with Gasteiger partial charge in [0.1, 0.15) is 6.61 Å². The number of rotatable bonds is 4. The molecular formula is C11H10BrFO3. The van der Waals surface area contributed by atoms with Gasteiger partial charge in [0.05, 0.1) is 0 Å². The van der Waals surface area contributed by atoms with Crippen molar-refractivity contribution in [3.05, 3.63) is 40.1 Å². The molecule has 0 amide bonds. The van der Waals surface area contributed by atoms with Crippen molar-refractivity contribution in [2.75, 3.05) is 6.61 Å². The third kappa shape index (κ3) is 3.66. The lowest BCUT2D eigenvalue weighted by Gasteiger charge is -2.04. The lowest BCUT2D eigenvalue weighted by atomic mass is 10.3. The highest BCUT2D eigenvalue weighted by Crippen LogP contribution is 2.21. The van der Waals surface area contributed by atoms with Crippen LogP contribution in [0.4, 0.5) is 4.39 Å². The summed E-state index contributed by atoms with van der Waals surface area (Å²) in [6.45, 7) is 1.47. The van der Waals surface area contributed by atoms with Crippen molar-refractivity contribution in [1.29, 1.82) is 0 Å². The monoisotopic (exact) mass is 288 g/mol. The van der Waals surface area contributed by atoms with E-state index in [-0.39, 0.29) is 17.9 Å². The van der Waals surface area contributed by atoms with Crippen LogP contribution >= 0.6 is 15.9 Å². The quantitative estimate of drug-likeness (QED) is 0.867. The molecule has 1 rings (SSSR count). The molecule has 1 aromatic carbocycles. The van der Waals surface area contributed by atoms with E-state index in [4.69, 9.17) is 9.84 Å². The first kappa shape index (κ1) is 12.7. The van der Waals surface area contributed by atoms with Gasteiger partial charge in [-0.1, -0.05) is 15.9 Å². The molecule has 5 heteroatoms. The smallest absolute Gasteiger partial charge is 0.331 e. The van der Waals surface area contributed by atoms with Crippen molar-refractivity contribution < 1.29 is 19.0 Å². The zero-order valence-electron chi connectivity index (χ0n) is 8.54. The van der Waals surface area contributed by atoms with Gasteiger partial charge in [0.25, 0.3) is 0 Å². The maximum Gasteiger partial charge on any atom is 0.331 e. The summed E-state index contributed by atoms with van der Waals surface area (Å²) < 4.78 is 18.9. The molecule has 1 N–H and O–H groups in total. The van der Waals surface area contributed by atoms with Crippen LogP contribution in [0.15, 0.2) is 34.3 Å². The van der Waals surface area contributed by atoms with Crippen molar-refractivity contribution in [3.8, 4) is 5.75 Å². The highest BCUT2D eigenvalue weighted by molar-refractivity contribution is 9.10. The standard InChI is InChI=1S/C11H10BrFO3/c1-7(11(14)15)4-5-16-10-3-2-8(12)6-9(10)13/h2-4,6H,5H2,1H3,(H,14,15). The van der Waals surface area contributed by atoms with Gasteiger partial charge in [0.2, 0.25) is 0 Å². The molecule has 0 aliphatic carbocycles. The predicted molar refractivity (Wildman–Crippen MR) is 61.0 cm³/mol. The highest BCUT2D eigenvalue weighted by atomic mass is 79.9. The molecule has 0 aliphatic heterocycles. The van der Waals surface area contributed by atoms with Gasteiger partial charge in [-0.3, -0.25) is 0 Å². The number of aliphatic carboxylic acids is 1. The van der Waals surface area contributed by atoms with Crippen LogP contribution in [0.2, 0.25) is 0 Å². The molecule has 0 bridgehead atoms. The maximum atomic E-state index is 13.2. The summed E-state index contributed by atoms with van der Waals surface area (Å²) in [6, 6.07) is 4.40. The number of carbonyl (C=O) groups is 1. The molecule has 0 spiro atoms. The van der Waals surface area contributed by atoms with Gasteiger partial charge in [0, 0.05) is 10.0 Å². The average molecular weight is 289 g/mol. The molecule has 86 valence electrons. The van der Waals surface area contributed by atoms with Gasteiger partial charge >= 0.3 is 5.97 Å². The Hall–Kier alpha value is -1.36. The summed E-state index contributed by atoms with van der Waals surface area (Å²) in [5, 5.41) is 8.57. The number of halogens is 2. The summed E-state index contributed by atoms with van der Waals surface area (Å²) in [6.07, 6.45) is 1.38. The number of carboxylic acid groups (broad SMARTS) is 1. The van der Waals surface area contributed by atoms with Crippen LogP contribution in [-0.4, -0.2) is 17.7 Å². The van der Waals surface area contributed by atoms with E-state index in [0.29, 0.717) is 4.47 Å². The van der Waals surface area contributed by atoms with Crippen molar-refractivity contribution >= 4 is 21.9 Å². The average Bonchev–Trinajstić information content (AvgIpc) is 2.20. The first-order chi connectivity index (χ1) is 7.50. The zero-order chi connectivity index (χ0) is 12.1. The lowest BCUT2D eigenvalue weighted by molar-refractivity contribution is -0.132. The Morgan fingerprint density at radius 3 is 2.88 bits per heavy atom. The highest BCUT2D eigenvalue weighted by Gasteiger charge is 2.03. The predicted octanol–water partition coefficient (Wildman–Crippen LogP) is 3.00. The largest absolute Gasteiger partial charge is 0.486 e. The molecule has 0 unspecified atom stereocenters. The van der Waals surface area contributed by atoms with Crippen molar-refractivity contribution in [3.63, 3.8) is 0 Å². The molecule has 0 fully saturated rings. The number of ether oxygens (including phenoxy) is 1. The van der Waals surface area contributed by atoms with Crippen molar-refractivity contribution in [2.45, 2.75) is 6.92 Å². The van der Waals surface area contributed by atoms with Crippen molar-refractivity contribution in [1.82, 2.24) is 0 Å². The first-order valence-corrected chi connectivity index (χ1v) is 5.28. The van der Waals surface area contributed by atoms with Gasteiger partial charge in [-0.25, -0.2) is 9.18 Å². The topological polar surface area (TPSA) is 46.5 Å². The minimum Gasteiger partial charge on any atom is -0.486 e. The molecule has 0 heterocycles. The van der Waals surface area contributed by atoms with E-state index in [1.807, 2.05) is 0 Å². The van der Waals surface area contributed by atoms with Crippen LogP contribution in [0.3, 0.4) is 0 Å². The summed E-state index contributed by atoms with van der Waals surface area (Å²) in [5.41, 5.74) is 0.164. The Kier molecular flexibility index (Phi) is 4.49. The Morgan fingerprint density at radius 1 is 1.62 bits per heavy atom. The van der Waals surface area contributed by atoms with E-state index in [1.54, 1.807) is 6.07 Å². The van der Waals surface area contributed by atoms with E-state index in [2.05, 4.69) is 15.9 Å². The molecule has 3 nitrogen and oxygen atoms in total. The molecule has 16 heavy (non-hydrogen) atoms. The van der Waals surface area contributed by atoms with Gasteiger partial charge in [-0.15, -0.1) is 0 Å². The maximum absolute atomic E-state index is 13.2. The minimum atomic E-state index is -1.01. The van der Waals surface area contributed by atoms with E-state index in [0.717, 1.165) is 0 Å². The second-order valence-electron chi connectivity index (χ2n) is 3.08. The summed E-state index contributed by atoms with van der Waals surface area (Å²) in [7, 11) is 0. The summed E-state index contributed by atoms with van der Waals surface area (Å²) >= 11 is 3.12. The Balaban J connectivity index is 2.62. The zero-order valence-corrected chi connectivity index (χ0v) is 10.1. The molecule has 0 saturated carbocycles. The van der Waals surface area contributed by atoms with E-state index >= 15 is 0 Å². The Morgan fingerprint density at radius 2 is 2.31 bits per heavy atom. The SMILES string of the molecule is CC(=CCOc1ccc(Br)cc1F)C(=O)O. The van der Waals surface area contributed by atoms with Crippen LogP contribution in [0, 0.1) is 5.82 Å². The van der Waals surface area contributed by atoms with Crippen LogP contribution in [0.25, 0.3) is 0 Å². The molecule has 0 atom stereocenters. The molecule has 0 radical (unpaired) electrons. The fourth-order valence-electron chi connectivity index (χ4n) is 0.936. The van der Waals surface area contributed by atoms with Crippen molar-refractivity contribution in [2.24, 2.45) is 0 Å². The number of hydrogen-bond donors (Lipinski definition) is 1. The Bertz CT molecular complexity index is 429. The van der Waals surface area contributed by atoms with E-state index < -0.39 is 11.8 Å². The third-order valence-electron chi connectivity index (χ3n) is 1.86. The van der Waals surface area contributed by atoms with E-state index in [1.165, 1.54) is 25.1 Å². The van der Waals surface area contributed by atoms with Crippen LogP contribution in [-0.2, 0) is 4.79 Å². The van der Waals surface area contributed by atoms with E-state index in [9.17, 15) is 9.18 Å². The molecule has 1 aromatic rings. The van der Waals surface area contributed by atoms with Gasteiger partial charge in [-0.05, 0) is 31.2 Å². The molecule has 0 saturated heterocycles. The lowest BCUT2D eigenvalue weighted by Crippen LogP contribution is -2.01. The molecule has 0 aromatic heterocycles. The fourth-order valence-corrected chi connectivity index (χ4v) is 1.27. The summed E-state index contributed by atoms with van der Waals surface area (Å²) in [5.74, 6) is -1.41. The van der Waals surface area contributed by atoms with Gasteiger partial charge < -0.3 is 9.84 Å². The van der Waals surface area contributed by atoms with Crippen LogP contribution in [0.1, 0.15) is 6.92 Å². The first-order valence-electron chi connectivity index (χ1n) is 4.48. The van der Waals surface area contributed by atoms with Crippen LogP contribution < -0.4 is 4.74 Å². The van der Waals surface area contributed by atoms with Gasteiger partial charge in [-0.2, -0.15) is 0 Å². The number of benzene rings is 1. The molecular weight excluding hydrogens is 279 g/mol. The Labute approximate surface area is 101 Å². The second-order valence-corrected chi connectivity index (χ2v) is 3.99. The summed E-state index contributed by atoms with van der Waals surface area (Å²) in [4.78, 5) is 10.4. The fraction of sp³-hybridized carbons (Fsp3) is 0.182. The van der Waals surface area contributed by atoms with Gasteiger partial charge in [0.15, 0.2) is 11.6 Å². The molecule has 0 aliphatic rings. The minimum absolute atomic E-state index is 0.0245. The van der Waals surface area contributed by atoms with Crippen LogP contribution in [0.5, 0.6) is 5.75 Å². The normalized spacial score (nSPS) is 11.3. The number of carboxylic acids is 1. The second kappa shape index (κ2) is 5.65. The third-order valence-corrected chi connectivity index (χ3v) is 2.35.